The predicted molar refractivity (Wildman–Crippen MR) is 140 cm³/mol. The van der Waals surface area contributed by atoms with Gasteiger partial charge in [0.2, 0.25) is 5.91 Å². The molecule has 0 bridgehead atoms. The van der Waals surface area contributed by atoms with Gasteiger partial charge in [-0.25, -0.2) is 14.1 Å². The maximum absolute atomic E-state index is 13.5. The summed E-state index contributed by atoms with van der Waals surface area (Å²) in [6.07, 6.45) is 0.297. The van der Waals surface area contributed by atoms with Crippen LogP contribution in [0, 0.1) is 13.8 Å². The van der Waals surface area contributed by atoms with Crippen LogP contribution in [0.15, 0.2) is 71.7 Å². The second kappa shape index (κ2) is 12.6. The Morgan fingerprint density at radius 3 is 2.24 bits per heavy atom. The number of carbonyl (C=O) groups excluding carboxylic acids is 3. The number of ketones is 1. The Hall–Kier alpha value is -4.60. The summed E-state index contributed by atoms with van der Waals surface area (Å²) in [5.74, 6) is -3.94. The minimum absolute atomic E-state index is 0.189. The van der Waals surface area contributed by atoms with Gasteiger partial charge in [0.15, 0.2) is 5.78 Å². The van der Waals surface area contributed by atoms with Gasteiger partial charge >= 0.3 is 5.97 Å². The minimum Gasteiger partial charge on any atom is -0.481 e. The number of benzene rings is 2. The molecule has 2 amide bonds. The van der Waals surface area contributed by atoms with Gasteiger partial charge in [0.25, 0.3) is 11.5 Å². The van der Waals surface area contributed by atoms with E-state index in [2.05, 4.69) is 5.32 Å². The average molecular weight is 522 g/mol. The van der Waals surface area contributed by atoms with Gasteiger partial charge in [0.1, 0.15) is 18.4 Å². The largest absolute Gasteiger partial charge is 0.481 e. The van der Waals surface area contributed by atoms with Crippen LogP contribution >= 0.6 is 0 Å². The predicted octanol–water partition coefficient (Wildman–Crippen LogP) is 3.20. The van der Waals surface area contributed by atoms with E-state index in [1.54, 1.807) is 62.4 Å². The molecule has 9 nitrogen and oxygen atoms in total. The first kappa shape index (κ1) is 28.0. The summed E-state index contributed by atoms with van der Waals surface area (Å²) in [6, 6.07) is 15.1. The first-order chi connectivity index (χ1) is 18.1. The molecular formula is C28H28FN3O6. The third kappa shape index (κ3) is 6.58. The van der Waals surface area contributed by atoms with E-state index in [4.69, 9.17) is 0 Å². The molecule has 1 heterocycles. The number of rotatable bonds is 11. The zero-order valence-electron chi connectivity index (χ0n) is 21.0. The summed E-state index contributed by atoms with van der Waals surface area (Å²) in [4.78, 5) is 63.8. The van der Waals surface area contributed by atoms with Gasteiger partial charge in [-0.3, -0.25) is 24.0 Å². The highest BCUT2D eigenvalue weighted by atomic mass is 19.1. The Balaban J connectivity index is 2.02. The molecule has 0 unspecified atom stereocenters. The van der Waals surface area contributed by atoms with Crippen molar-refractivity contribution >= 4 is 29.3 Å². The number of halogens is 1. The molecule has 3 rings (SSSR count). The Labute approximate surface area is 218 Å². The SMILES string of the molecule is Cc1cccc(C)c1C(=O)Nc1cccn(N(C(=O)CCc2ccccc2)[C@H](CC(=O)O)C(=O)CF)c1=O. The van der Waals surface area contributed by atoms with Crippen LogP contribution in [0.2, 0.25) is 0 Å². The van der Waals surface area contributed by atoms with Crippen molar-refractivity contribution in [2.45, 2.75) is 39.2 Å². The van der Waals surface area contributed by atoms with Crippen molar-refractivity contribution in [3.8, 4) is 0 Å². The third-order valence-electron chi connectivity index (χ3n) is 6.01. The number of carboxylic acids is 1. The lowest BCUT2D eigenvalue weighted by molar-refractivity contribution is -0.140. The standard InChI is InChI=1S/C28H28FN3O6/c1-18-8-6-9-19(2)26(18)27(37)30-21-12-7-15-31(28(21)38)32(22(16-25(35)36)23(33)17-29)24(34)14-13-20-10-4-3-5-11-20/h3-12,15,22H,13-14,16-17H2,1-2H3,(H,30,37)(H,35,36)/t22-/m1/s1. The number of nitrogens with one attached hydrogen (secondary N) is 1. The van der Waals surface area contributed by atoms with Gasteiger partial charge in [0.05, 0.1) is 6.42 Å². The van der Waals surface area contributed by atoms with Crippen LogP contribution in [0.5, 0.6) is 0 Å². The Bertz CT molecular complexity index is 1380. The lowest BCUT2D eigenvalue weighted by Gasteiger charge is -2.31. The van der Waals surface area contributed by atoms with Crippen molar-refractivity contribution in [2.75, 3.05) is 17.0 Å². The van der Waals surface area contributed by atoms with Gasteiger partial charge in [-0.1, -0.05) is 48.5 Å². The van der Waals surface area contributed by atoms with Crippen molar-refractivity contribution in [1.82, 2.24) is 4.68 Å². The number of amides is 2. The molecule has 1 aromatic heterocycles. The topological polar surface area (TPSA) is 126 Å². The molecule has 198 valence electrons. The molecule has 0 saturated heterocycles. The average Bonchev–Trinajstić information content (AvgIpc) is 2.89. The van der Waals surface area contributed by atoms with Crippen LogP contribution in [-0.4, -0.2) is 46.1 Å². The third-order valence-corrected chi connectivity index (χ3v) is 6.01. The highest BCUT2D eigenvalue weighted by molar-refractivity contribution is 6.06. The summed E-state index contributed by atoms with van der Waals surface area (Å²) in [7, 11) is 0. The molecule has 0 saturated carbocycles. The van der Waals surface area contributed by atoms with Crippen molar-refractivity contribution in [3.05, 3.63) is 99.5 Å². The van der Waals surface area contributed by atoms with E-state index < -0.39 is 48.3 Å². The van der Waals surface area contributed by atoms with E-state index in [1.807, 2.05) is 0 Å². The number of aryl methyl sites for hydroxylation is 3. The number of hydrogen-bond acceptors (Lipinski definition) is 5. The van der Waals surface area contributed by atoms with Crippen LogP contribution in [0.3, 0.4) is 0 Å². The molecule has 38 heavy (non-hydrogen) atoms. The molecule has 10 heteroatoms. The van der Waals surface area contributed by atoms with Gasteiger partial charge in [-0.2, -0.15) is 0 Å². The summed E-state index contributed by atoms with van der Waals surface area (Å²) >= 11 is 0. The molecule has 0 fully saturated rings. The fraction of sp³-hybridized carbons (Fsp3) is 0.250. The van der Waals surface area contributed by atoms with E-state index in [0.717, 1.165) is 16.4 Å². The number of anilines is 1. The Kier molecular flexibility index (Phi) is 9.26. The summed E-state index contributed by atoms with van der Waals surface area (Å²) in [5.41, 5.74) is 1.45. The monoisotopic (exact) mass is 521 g/mol. The van der Waals surface area contributed by atoms with Crippen molar-refractivity contribution in [2.24, 2.45) is 0 Å². The number of Topliss-reactive ketones (excluding diaryl/α,β-unsaturated/α-hetero) is 1. The van der Waals surface area contributed by atoms with E-state index in [9.17, 15) is 33.5 Å². The number of carboxylic acid groups (broad SMARTS) is 1. The Morgan fingerprint density at radius 2 is 1.63 bits per heavy atom. The number of hydrogen-bond donors (Lipinski definition) is 2. The second-order valence-corrected chi connectivity index (χ2v) is 8.73. The maximum Gasteiger partial charge on any atom is 0.305 e. The zero-order valence-corrected chi connectivity index (χ0v) is 21.0. The lowest BCUT2D eigenvalue weighted by Crippen LogP contribution is -2.56. The lowest BCUT2D eigenvalue weighted by atomic mass is 10.0. The van der Waals surface area contributed by atoms with Crippen molar-refractivity contribution in [3.63, 3.8) is 0 Å². The molecule has 0 aliphatic carbocycles. The molecule has 3 aromatic rings. The second-order valence-electron chi connectivity index (χ2n) is 8.73. The molecule has 1 atom stereocenters. The number of alkyl halides is 1. The van der Waals surface area contributed by atoms with Gasteiger partial charge in [-0.05, 0) is 49.1 Å². The normalized spacial score (nSPS) is 11.4. The van der Waals surface area contributed by atoms with Crippen LogP contribution in [0.4, 0.5) is 10.1 Å². The van der Waals surface area contributed by atoms with Crippen LogP contribution < -0.4 is 15.9 Å². The number of aliphatic carboxylic acids is 1. The summed E-state index contributed by atoms with van der Waals surface area (Å²) in [5, 5.41) is 12.6. The smallest absolute Gasteiger partial charge is 0.305 e. The van der Waals surface area contributed by atoms with E-state index in [-0.39, 0.29) is 18.5 Å². The fourth-order valence-corrected chi connectivity index (χ4v) is 4.15. The first-order valence-corrected chi connectivity index (χ1v) is 11.9. The van der Waals surface area contributed by atoms with E-state index in [0.29, 0.717) is 21.7 Å². The van der Waals surface area contributed by atoms with Crippen molar-refractivity contribution in [1.29, 1.82) is 0 Å². The summed E-state index contributed by atoms with van der Waals surface area (Å²) in [6.45, 7) is 1.97. The molecule has 0 spiro atoms. The van der Waals surface area contributed by atoms with Gasteiger partial charge < -0.3 is 10.4 Å². The van der Waals surface area contributed by atoms with Crippen LogP contribution in [0.25, 0.3) is 0 Å². The molecule has 0 aliphatic heterocycles. The molecular weight excluding hydrogens is 493 g/mol. The fourth-order valence-electron chi connectivity index (χ4n) is 4.15. The van der Waals surface area contributed by atoms with E-state index >= 15 is 0 Å². The van der Waals surface area contributed by atoms with Gasteiger partial charge in [-0.15, -0.1) is 0 Å². The zero-order chi connectivity index (χ0) is 27.8. The molecule has 0 radical (unpaired) electrons. The first-order valence-electron chi connectivity index (χ1n) is 11.9. The molecule has 0 aliphatic rings. The number of pyridine rings is 1. The number of nitrogens with zero attached hydrogens (tertiary/aromatic N) is 2. The Morgan fingerprint density at radius 1 is 0.974 bits per heavy atom. The maximum atomic E-state index is 13.5. The van der Waals surface area contributed by atoms with Crippen LogP contribution in [0.1, 0.15) is 39.9 Å². The van der Waals surface area contributed by atoms with E-state index in [1.165, 1.54) is 12.1 Å². The minimum atomic E-state index is -1.77. The van der Waals surface area contributed by atoms with Crippen molar-refractivity contribution < 1.29 is 28.7 Å². The molecule has 2 aromatic carbocycles. The summed E-state index contributed by atoms with van der Waals surface area (Å²) < 4.78 is 14.2. The number of aromatic nitrogens is 1. The van der Waals surface area contributed by atoms with Crippen LogP contribution in [-0.2, 0) is 20.8 Å². The molecule has 2 N–H and O–H groups in total. The number of carbonyl (C=O) groups is 4. The highest BCUT2D eigenvalue weighted by Crippen LogP contribution is 2.16. The quantitative estimate of drug-likeness (QED) is 0.399. The highest BCUT2D eigenvalue weighted by Gasteiger charge is 2.34. The van der Waals surface area contributed by atoms with Gasteiger partial charge in [0, 0.05) is 18.2 Å².